The molecule has 0 aromatic heterocycles. The number of nitrogens with one attached hydrogen (secondary N) is 1. The summed E-state index contributed by atoms with van der Waals surface area (Å²) in [5, 5.41) is 12.4. The standard InChI is InChI=1S/C13H18N2O4S/c1-9-7-15(8-10(2)14-9)20(18,19)12-6-4-3-5-11(12)13(16)17/h3-6,9-10,14H,7-8H2,1-2H3,(H,16,17)/t9-,10+. The van der Waals surface area contributed by atoms with Gasteiger partial charge in [-0.1, -0.05) is 12.1 Å². The van der Waals surface area contributed by atoms with Crippen LogP contribution in [0.4, 0.5) is 0 Å². The largest absolute Gasteiger partial charge is 0.478 e. The van der Waals surface area contributed by atoms with Crippen LogP contribution in [0, 0.1) is 0 Å². The zero-order valence-corrected chi connectivity index (χ0v) is 12.2. The number of hydrogen-bond donors (Lipinski definition) is 2. The van der Waals surface area contributed by atoms with Crippen LogP contribution in [0.5, 0.6) is 0 Å². The highest BCUT2D eigenvalue weighted by molar-refractivity contribution is 7.89. The molecule has 1 heterocycles. The number of sulfonamides is 1. The van der Waals surface area contributed by atoms with E-state index in [4.69, 9.17) is 5.11 Å². The first-order chi connectivity index (χ1) is 9.32. The summed E-state index contributed by atoms with van der Waals surface area (Å²) in [6, 6.07) is 5.77. The van der Waals surface area contributed by atoms with Crippen LogP contribution in [0.3, 0.4) is 0 Å². The summed E-state index contributed by atoms with van der Waals surface area (Å²) >= 11 is 0. The Hall–Kier alpha value is -1.44. The lowest BCUT2D eigenvalue weighted by molar-refractivity contribution is 0.0692. The van der Waals surface area contributed by atoms with Gasteiger partial charge in [-0.15, -0.1) is 0 Å². The lowest BCUT2D eigenvalue weighted by Crippen LogP contribution is -2.55. The molecule has 0 aliphatic carbocycles. The first-order valence-electron chi connectivity index (χ1n) is 6.41. The van der Waals surface area contributed by atoms with Gasteiger partial charge in [-0.05, 0) is 26.0 Å². The van der Waals surface area contributed by atoms with E-state index in [9.17, 15) is 13.2 Å². The van der Waals surface area contributed by atoms with Crippen LogP contribution in [0.1, 0.15) is 24.2 Å². The minimum Gasteiger partial charge on any atom is -0.478 e. The van der Waals surface area contributed by atoms with Gasteiger partial charge in [0.15, 0.2) is 0 Å². The summed E-state index contributed by atoms with van der Waals surface area (Å²) in [5.41, 5.74) is -0.189. The van der Waals surface area contributed by atoms with Gasteiger partial charge in [0.2, 0.25) is 10.0 Å². The maximum Gasteiger partial charge on any atom is 0.337 e. The van der Waals surface area contributed by atoms with Gasteiger partial charge in [0, 0.05) is 25.2 Å². The van der Waals surface area contributed by atoms with Gasteiger partial charge in [-0.2, -0.15) is 4.31 Å². The Labute approximate surface area is 118 Å². The highest BCUT2D eigenvalue weighted by atomic mass is 32.2. The van der Waals surface area contributed by atoms with E-state index in [0.29, 0.717) is 13.1 Å². The van der Waals surface area contributed by atoms with Gasteiger partial charge in [0.05, 0.1) is 10.5 Å². The Morgan fingerprint density at radius 3 is 2.35 bits per heavy atom. The Kier molecular flexibility index (Phi) is 4.12. The van der Waals surface area contributed by atoms with E-state index >= 15 is 0 Å². The van der Waals surface area contributed by atoms with Gasteiger partial charge in [0.1, 0.15) is 0 Å². The Balaban J connectivity index is 2.43. The van der Waals surface area contributed by atoms with Crippen LogP contribution in [0.2, 0.25) is 0 Å². The minimum absolute atomic E-state index is 0.0329. The monoisotopic (exact) mass is 298 g/mol. The van der Waals surface area contributed by atoms with Gasteiger partial charge < -0.3 is 10.4 Å². The number of benzene rings is 1. The van der Waals surface area contributed by atoms with Crippen molar-refractivity contribution in [3.63, 3.8) is 0 Å². The van der Waals surface area contributed by atoms with Crippen molar-refractivity contribution in [1.82, 2.24) is 9.62 Å². The SMILES string of the molecule is C[C@@H]1CN(S(=O)(=O)c2ccccc2C(=O)O)C[C@H](C)N1. The number of piperazine rings is 1. The second kappa shape index (κ2) is 5.51. The Bertz CT molecular complexity index is 605. The molecule has 2 N–H and O–H groups in total. The molecule has 0 spiro atoms. The highest BCUT2D eigenvalue weighted by Gasteiger charge is 2.33. The van der Waals surface area contributed by atoms with Crippen LogP contribution in [-0.2, 0) is 10.0 Å². The molecule has 0 unspecified atom stereocenters. The maximum atomic E-state index is 12.6. The molecule has 1 saturated heterocycles. The molecular formula is C13H18N2O4S. The first-order valence-corrected chi connectivity index (χ1v) is 7.85. The molecule has 0 saturated carbocycles. The molecule has 2 rings (SSSR count). The summed E-state index contributed by atoms with van der Waals surface area (Å²) in [6.45, 7) is 4.48. The van der Waals surface area contributed by atoms with E-state index in [1.165, 1.54) is 28.6 Å². The molecule has 1 fully saturated rings. The molecule has 0 amide bonds. The molecule has 20 heavy (non-hydrogen) atoms. The fourth-order valence-electron chi connectivity index (χ4n) is 2.48. The predicted molar refractivity (Wildman–Crippen MR) is 74.2 cm³/mol. The minimum atomic E-state index is -3.79. The molecule has 0 radical (unpaired) electrons. The molecule has 6 nitrogen and oxygen atoms in total. The summed E-state index contributed by atoms with van der Waals surface area (Å²) in [5.74, 6) is -1.24. The lowest BCUT2D eigenvalue weighted by Gasteiger charge is -2.35. The quantitative estimate of drug-likeness (QED) is 0.860. The number of carboxylic acid groups (broad SMARTS) is 1. The molecule has 110 valence electrons. The normalized spacial score (nSPS) is 24.5. The number of hydrogen-bond acceptors (Lipinski definition) is 4. The van der Waals surface area contributed by atoms with Crippen molar-refractivity contribution in [3.05, 3.63) is 29.8 Å². The number of aromatic carboxylic acids is 1. The molecule has 0 bridgehead atoms. The third kappa shape index (κ3) is 2.84. The van der Waals surface area contributed by atoms with Gasteiger partial charge in [-0.3, -0.25) is 0 Å². The van der Waals surface area contributed by atoms with Crippen LogP contribution < -0.4 is 5.32 Å². The van der Waals surface area contributed by atoms with Crippen molar-refractivity contribution in [2.24, 2.45) is 0 Å². The van der Waals surface area contributed by atoms with E-state index in [0.717, 1.165) is 0 Å². The summed E-state index contributed by atoms with van der Waals surface area (Å²) in [6.07, 6.45) is 0. The summed E-state index contributed by atoms with van der Waals surface area (Å²) in [4.78, 5) is 11.0. The third-order valence-corrected chi connectivity index (χ3v) is 5.15. The molecule has 1 aliphatic heterocycles. The van der Waals surface area contributed by atoms with Crippen LogP contribution >= 0.6 is 0 Å². The molecule has 1 aliphatic rings. The first kappa shape index (κ1) is 15.0. The van der Waals surface area contributed by atoms with Crippen molar-refractivity contribution in [3.8, 4) is 0 Å². The van der Waals surface area contributed by atoms with Crippen LogP contribution in [-0.4, -0.2) is 49.0 Å². The molecule has 1 aromatic rings. The molecular weight excluding hydrogens is 280 g/mol. The average Bonchev–Trinajstić information content (AvgIpc) is 2.37. The summed E-state index contributed by atoms with van der Waals surface area (Å²) < 4.78 is 26.6. The van der Waals surface area contributed by atoms with E-state index in [-0.39, 0.29) is 22.5 Å². The van der Waals surface area contributed by atoms with Crippen molar-refractivity contribution >= 4 is 16.0 Å². The van der Waals surface area contributed by atoms with E-state index in [1.807, 2.05) is 13.8 Å². The Morgan fingerprint density at radius 1 is 1.25 bits per heavy atom. The van der Waals surface area contributed by atoms with E-state index < -0.39 is 16.0 Å². The second-order valence-electron chi connectivity index (χ2n) is 5.09. The van der Waals surface area contributed by atoms with Crippen molar-refractivity contribution in [1.29, 1.82) is 0 Å². The van der Waals surface area contributed by atoms with Gasteiger partial charge in [-0.25, -0.2) is 13.2 Å². The van der Waals surface area contributed by atoms with Gasteiger partial charge >= 0.3 is 5.97 Å². The molecule has 2 atom stereocenters. The van der Waals surface area contributed by atoms with Crippen LogP contribution in [0.25, 0.3) is 0 Å². The molecule has 7 heteroatoms. The van der Waals surface area contributed by atoms with Gasteiger partial charge in [0.25, 0.3) is 0 Å². The van der Waals surface area contributed by atoms with Crippen molar-refractivity contribution in [2.75, 3.05) is 13.1 Å². The molecule has 1 aromatic carbocycles. The zero-order valence-electron chi connectivity index (χ0n) is 11.4. The maximum absolute atomic E-state index is 12.6. The van der Waals surface area contributed by atoms with Crippen molar-refractivity contribution in [2.45, 2.75) is 30.8 Å². The fraction of sp³-hybridized carbons (Fsp3) is 0.462. The average molecular weight is 298 g/mol. The zero-order chi connectivity index (χ0) is 14.9. The van der Waals surface area contributed by atoms with E-state index in [2.05, 4.69) is 5.32 Å². The van der Waals surface area contributed by atoms with E-state index in [1.54, 1.807) is 0 Å². The second-order valence-corrected chi connectivity index (χ2v) is 7.00. The third-order valence-electron chi connectivity index (χ3n) is 3.26. The highest BCUT2D eigenvalue weighted by Crippen LogP contribution is 2.22. The number of nitrogens with zero attached hydrogens (tertiary/aromatic N) is 1. The number of carboxylic acids is 1. The fourth-order valence-corrected chi connectivity index (χ4v) is 4.28. The lowest BCUT2D eigenvalue weighted by atomic mass is 10.2. The van der Waals surface area contributed by atoms with Crippen LogP contribution in [0.15, 0.2) is 29.2 Å². The van der Waals surface area contributed by atoms with Crippen molar-refractivity contribution < 1.29 is 18.3 Å². The number of carbonyl (C=O) groups is 1. The Morgan fingerprint density at radius 2 is 1.80 bits per heavy atom. The topological polar surface area (TPSA) is 86.7 Å². The number of rotatable bonds is 3. The predicted octanol–water partition coefficient (Wildman–Crippen LogP) is 0.756. The smallest absolute Gasteiger partial charge is 0.337 e. The summed E-state index contributed by atoms with van der Waals surface area (Å²) in [7, 11) is -3.79.